The summed E-state index contributed by atoms with van der Waals surface area (Å²) in [6.45, 7) is 2.13. The lowest BCUT2D eigenvalue weighted by molar-refractivity contribution is 0.273. The zero-order valence-electron chi connectivity index (χ0n) is 11.6. The molecule has 1 heterocycles. The molecule has 0 aliphatic heterocycles. The molecule has 1 aromatic carbocycles. The summed E-state index contributed by atoms with van der Waals surface area (Å²) in [7, 11) is 0. The van der Waals surface area contributed by atoms with Gasteiger partial charge in [-0.2, -0.15) is 5.26 Å². The molecule has 21 heavy (non-hydrogen) atoms. The number of rotatable bonds is 6. The molecule has 1 atom stereocenters. The molecule has 1 N–H and O–H groups in total. The van der Waals surface area contributed by atoms with Crippen LogP contribution in [0.2, 0.25) is 0 Å². The third-order valence-corrected chi connectivity index (χ3v) is 3.69. The van der Waals surface area contributed by atoms with Crippen LogP contribution in [-0.2, 0) is 5.75 Å². The molecule has 0 saturated carbocycles. The first-order chi connectivity index (χ1) is 10.2. The lowest BCUT2D eigenvalue weighted by atomic mass is 10.0. The molecule has 2 aromatic rings. The summed E-state index contributed by atoms with van der Waals surface area (Å²) in [4.78, 5) is 0. The SMILES string of the molecule is CC(CO)c1ccc(CSOc2ccc(C#N)nn2)cc1. The maximum atomic E-state index is 9.11. The Morgan fingerprint density at radius 3 is 2.57 bits per heavy atom. The van der Waals surface area contributed by atoms with Gasteiger partial charge in [0.1, 0.15) is 6.07 Å². The molecule has 0 spiro atoms. The molecule has 1 aromatic heterocycles. The van der Waals surface area contributed by atoms with Crippen LogP contribution in [0.5, 0.6) is 5.88 Å². The van der Waals surface area contributed by atoms with Crippen molar-refractivity contribution in [3.8, 4) is 11.9 Å². The Hall–Kier alpha value is -2.10. The fourth-order valence-corrected chi connectivity index (χ4v) is 2.23. The average molecular weight is 301 g/mol. The van der Waals surface area contributed by atoms with Gasteiger partial charge in [-0.05, 0) is 17.2 Å². The van der Waals surface area contributed by atoms with Crippen molar-refractivity contribution in [2.45, 2.75) is 18.6 Å². The van der Waals surface area contributed by atoms with Crippen LogP contribution >= 0.6 is 12.0 Å². The lowest BCUT2D eigenvalue weighted by Gasteiger charge is -2.09. The monoisotopic (exact) mass is 301 g/mol. The van der Waals surface area contributed by atoms with Gasteiger partial charge in [0.25, 0.3) is 0 Å². The van der Waals surface area contributed by atoms with Crippen molar-refractivity contribution >= 4 is 12.0 Å². The highest BCUT2D eigenvalue weighted by molar-refractivity contribution is 7.94. The highest BCUT2D eigenvalue weighted by Gasteiger charge is 2.04. The predicted octanol–water partition coefficient (Wildman–Crippen LogP) is 2.67. The van der Waals surface area contributed by atoms with E-state index in [2.05, 4.69) is 10.2 Å². The van der Waals surface area contributed by atoms with Gasteiger partial charge in [0.05, 0.1) is 17.8 Å². The predicted molar refractivity (Wildman–Crippen MR) is 80.6 cm³/mol. The third kappa shape index (κ3) is 4.45. The maximum absolute atomic E-state index is 9.11. The van der Waals surface area contributed by atoms with Gasteiger partial charge < -0.3 is 9.29 Å². The van der Waals surface area contributed by atoms with E-state index in [4.69, 9.17) is 14.6 Å². The number of hydrogen-bond acceptors (Lipinski definition) is 6. The summed E-state index contributed by atoms with van der Waals surface area (Å²) in [5.41, 5.74) is 2.50. The minimum Gasteiger partial charge on any atom is -0.404 e. The van der Waals surface area contributed by atoms with Crippen LogP contribution in [0.3, 0.4) is 0 Å². The van der Waals surface area contributed by atoms with Crippen molar-refractivity contribution in [2.75, 3.05) is 6.61 Å². The number of aliphatic hydroxyl groups excluding tert-OH is 1. The van der Waals surface area contributed by atoms with Crippen molar-refractivity contribution < 1.29 is 9.29 Å². The molecular formula is C15H15N3O2S. The number of nitrogens with zero attached hydrogens (tertiary/aromatic N) is 3. The number of aliphatic hydroxyl groups is 1. The third-order valence-electron chi connectivity index (χ3n) is 2.95. The normalized spacial score (nSPS) is 11.7. The van der Waals surface area contributed by atoms with Crippen LogP contribution in [-0.4, -0.2) is 21.9 Å². The van der Waals surface area contributed by atoms with Gasteiger partial charge in [-0.3, -0.25) is 0 Å². The number of hydrogen-bond donors (Lipinski definition) is 1. The summed E-state index contributed by atoms with van der Waals surface area (Å²) in [6.07, 6.45) is 0. The second-order valence-electron chi connectivity index (χ2n) is 4.54. The van der Waals surface area contributed by atoms with Crippen molar-refractivity contribution in [2.24, 2.45) is 0 Å². The molecule has 0 saturated heterocycles. The Bertz CT molecular complexity index is 608. The first kappa shape index (κ1) is 15.3. The van der Waals surface area contributed by atoms with Crippen molar-refractivity contribution in [3.63, 3.8) is 0 Å². The summed E-state index contributed by atoms with van der Waals surface area (Å²) in [6, 6.07) is 13.1. The van der Waals surface area contributed by atoms with E-state index in [0.29, 0.717) is 11.6 Å². The van der Waals surface area contributed by atoms with E-state index in [9.17, 15) is 0 Å². The molecule has 0 aliphatic carbocycles. The van der Waals surface area contributed by atoms with Gasteiger partial charge in [0, 0.05) is 18.6 Å². The second kappa shape index (κ2) is 7.62. The summed E-state index contributed by atoms with van der Waals surface area (Å²) in [5.74, 6) is 1.21. The second-order valence-corrected chi connectivity index (χ2v) is 5.23. The van der Waals surface area contributed by atoms with E-state index in [1.54, 1.807) is 12.1 Å². The van der Waals surface area contributed by atoms with Crippen molar-refractivity contribution in [3.05, 3.63) is 53.2 Å². The summed E-state index contributed by atoms with van der Waals surface area (Å²) >= 11 is 1.26. The molecule has 5 nitrogen and oxygen atoms in total. The maximum Gasteiger partial charge on any atom is 0.247 e. The number of benzene rings is 1. The number of nitriles is 1. The molecule has 0 radical (unpaired) electrons. The van der Waals surface area contributed by atoms with Gasteiger partial charge in [-0.1, -0.05) is 31.2 Å². The molecule has 0 amide bonds. The molecule has 1 unspecified atom stereocenters. The van der Waals surface area contributed by atoms with Gasteiger partial charge in [-0.15, -0.1) is 10.2 Å². The Morgan fingerprint density at radius 1 is 1.24 bits per heavy atom. The van der Waals surface area contributed by atoms with Crippen molar-refractivity contribution in [1.29, 1.82) is 5.26 Å². The largest absolute Gasteiger partial charge is 0.404 e. The van der Waals surface area contributed by atoms with Crippen LogP contribution in [0.1, 0.15) is 29.7 Å². The first-order valence-corrected chi connectivity index (χ1v) is 7.37. The fraction of sp³-hybridized carbons (Fsp3) is 0.267. The zero-order chi connectivity index (χ0) is 15.1. The summed E-state index contributed by atoms with van der Waals surface area (Å²) < 4.78 is 5.40. The van der Waals surface area contributed by atoms with Crippen LogP contribution in [0.4, 0.5) is 0 Å². The Morgan fingerprint density at radius 2 is 2.00 bits per heavy atom. The highest BCUT2D eigenvalue weighted by Crippen LogP contribution is 2.20. The van der Waals surface area contributed by atoms with Gasteiger partial charge in [0.15, 0.2) is 5.69 Å². The lowest BCUT2D eigenvalue weighted by Crippen LogP contribution is -1.98. The van der Waals surface area contributed by atoms with Gasteiger partial charge in [-0.25, -0.2) is 0 Å². The van der Waals surface area contributed by atoms with Crippen molar-refractivity contribution in [1.82, 2.24) is 10.2 Å². The minimum atomic E-state index is 0.147. The van der Waals surface area contributed by atoms with Crippen LogP contribution in [0, 0.1) is 11.3 Å². The van der Waals surface area contributed by atoms with E-state index in [-0.39, 0.29) is 18.2 Å². The van der Waals surface area contributed by atoms with E-state index in [1.165, 1.54) is 12.0 Å². The van der Waals surface area contributed by atoms with Gasteiger partial charge >= 0.3 is 0 Å². The highest BCUT2D eigenvalue weighted by atomic mass is 32.2. The van der Waals surface area contributed by atoms with E-state index in [0.717, 1.165) is 11.1 Å². The molecule has 0 fully saturated rings. The van der Waals surface area contributed by atoms with E-state index in [1.807, 2.05) is 37.3 Å². The molecule has 2 rings (SSSR count). The zero-order valence-corrected chi connectivity index (χ0v) is 12.4. The minimum absolute atomic E-state index is 0.147. The molecule has 0 aliphatic rings. The van der Waals surface area contributed by atoms with Crippen LogP contribution in [0.15, 0.2) is 36.4 Å². The Kier molecular flexibility index (Phi) is 5.55. The topological polar surface area (TPSA) is 79.0 Å². The fourth-order valence-electron chi connectivity index (χ4n) is 1.63. The molecule has 108 valence electrons. The van der Waals surface area contributed by atoms with Crippen LogP contribution in [0.25, 0.3) is 0 Å². The molecule has 0 bridgehead atoms. The molecular weight excluding hydrogens is 286 g/mol. The Labute approximate surface area is 127 Å². The van der Waals surface area contributed by atoms with Gasteiger partial charge in [0.2, 0.25) is 5.88 Å². The average Bonchev–Trinajstić information content (AvgIpc) is 2.55. The standard InChI is InChI=1S/C15H15N3O2S/c1-11(9-19)13-4-2-12(3-5-13)10-21-20-15-7-6-14(8-16)17-18-15/h2-7,11,19H,9-10H2,1H3. The Balaban J connectivity index is 1.84. The molecule has 6 heteroatoms. The number of aromatic nitrogens is 2. The first-order valence-electron chi connectivity index (χ1n) is 6.46. The smallest absolute Gasteiger partial charge is 0.247 e. The summed E-state index contributed by atoms with van der Waals surface area (Å²) in [5, 5.41) is 25.2. The van der Waals surface area contributed by atoms with E-state index >= 15 is 0 Å². The quantitative estimate of drug-likeness (QED) is 0.826. The van der Waals surface area contributed by atoms with Crippen LogP contribution < -0.4 is 4.18 Å². The van der Waals surface area contributed by atoms with E-state index < -0.39 is 0 Å².